The van der Waals surface area contributed by atoms with Crippen LogP contribution in [0.5, 0.6) is 5.75 Å². The monoisotopic (exact) mass is 768 g/mol. The summed E-state index contributed by atoms with van der Waals surface area (Å²) in [6, 6.07) is 6.67. The summed E-state index contributed by atoms with van der Waals surface area (Å²) in [5, 5.41) is 6.89. The number of benzene rings is 1. The molecule has 0 aromatic heterocycles. The summed E-state index contributed by atoms with van der Waals surface area (Å²) in [4.78, 5) is 22.1. The van der Waals surface area contributed by atoms with Gasteiger partial charge in [0.05, 0.1) is 52.2 Å². The Morgan fingerprint density at radius 2 is 1.59 bits per heavy atom. The molecule has 0 heterocycles. The second kappa shape index (κ2) is 26.5. The third-order valence-corrected chi connectivity index (χ3v) is 10.7. The van der Waals surface area contributed by atoms with Crippen molar-refractivity contribution in [2.24, 2.45) is 17.3 Å². The van der Waals surface area contributed by atoms with E-state index in [1.807, 2.05) is 20.8 Å². The molecule has 54 heavy (non-hydrogen) atoms. The molecule has 1 aromatic carbocycles. The standard InChI is InChI=1S/C22H32O4.C19H39NO5.CH2O2/c1-22-11-10-18-17-7-5-16(25-13-23-2)12-15(17)4-6-19(18)20(22)8-9-21(22)26-14-24-3;1-6-7-8-10-20(5)11-13-23-15-17-24-16-14-22-12-9-18(21)25-19(2,3)4;2-1-3/h5,7,12,18-21H,4,6,8-11,13-14H2,1-3H3;6-17H2,1-5H3;1H,(H,2,3). The van der Waals surface area contributed by atoms with E-state index in [1.165, 1.54) is 56.9 Å². The summed E-state index contributed by atoms with van der Waals surface area (Å²) in [7, 11) is 5.51. The molecular formula is C42H73NO11. The number of esters is 1. The van der Waals surface area contributed by atoms with Crippen molar-refractivity contribution in [1.82, 2.24) is 4.90 Å². The van der Waals surface area contributed by atoms with Gasteiger partial charge in [-0.2, -0.15) is 0 Å². The Bertz CT molecular complexity index is 1160. The summed E-state index contributed by atoms with van der Waals surface area (Å²) < 4.78 is 43.4. The van der Waals surface area contributed by atoms with Gasteiger partial charge in [-0.25, -0.2) is 0 Å². The van der Waals surface area contributed by atoms with Gasteiger partial charge < -0.3 is 47.9 Å². The smallest absolute Gasteiger partial charge is 0.308 e. The van der Waals surface area contributed by atoms with E-state index in [0.29, 0.717) is 64.1 Å². The zero-order valence-electron chi connectivity index (χ0n) is 34.7. The van der Waals surface area contributed by atoms with Crippen molar-refractivity contribution in [3.8, 4) is 5.75 Å². The van der Waals surface area contributed by atoms with Gasteiger partial charge in [-0.3, -0.25) is 9.59 Å². The summed E-state index contributed by atoms with van der Waals surface area (Å²) in [5.41, 5.74) is 2.92. The maximum Gasteiger partial charge on any atom is 0.308 e. The largest absolute Gasteiger partial charge is 0.483 e. The topological polar surface area (TPSA) is 131 Å². The Labute approximate surface area is 325 Å². The Morgan fingerprint density at radius 3 is 2.24 bits per heavy atom. The number of carboxylic acid groups (broad SMARTS) is 1. The average Bonchev–Trinajstić information content (AvgIpc) is 3.47. The second-order valence-corrected chi connectivity index (χ2v) is 15.8. The van der Waals surface area contributed by atoms with E-state index in [4.69, 9.17) is 47.8 Å². The van der Waals surface area contributed by atoms with E-state index in [0.717, 1.165) is 43.7 Å². The van der Waals surface area contributed by atoms with Crippen LogP contribution in [0.3, 0.4) is 0 Å². The van der Waals surface area contributed by atoms with Crippen LogP contribution in [0.2, 0.25) is 0 Å². The van der Waals surface area contributed by atoms with Crippen LogP contribution in [0.15, 0.2) is 18.2 Å². The van der Waals surface area contributed by atoms with Crippen molar-refractivity contribution in [2.75, 3.05) is 87.6 Å². The number of carbonyl (C=O) groups excluding carboxylic acids is 1. The van der Waals surface area contributed by atoms with Gasteiger partial charge in [0.1, 0.15) is 18.1 Å². The number of ether oxygens (including phenoxy) is 8. The SMILES string of the molecule is CCCCCN(C)CCOCCOCCOCCC(=O)OC(C)(C)C.COCOc1ccc2c(c1)CCC1C2CCC2(C)C(OCOC)CCC12.O=CO. The maximum absolute atomic E-state index is 11.5. The Balaban J connectivity index is 0.000000349. The number of nitrogens with zero attached hydrogens (tertiary/aromatic N) is 1. The maximum atomic E-state index is 11.5. The highest BCUT2D eigenvalue weighted by atomic mass is 16.7. The molecule has 3 aliphatic carbocycles. The molecule has 12 nitrogen and oxygen atoms in total. The van der Waals surface area contributed by atoms with Gasteiger partial charge in [-0.1, -0.05) is 32.8 Å². The number of rotatable bonds is 22. The first-order valence-electron chi connectivity index (χ1n) is 20.0. The first kappa shape index (κ1) is 47.8. The summed E-state index contributed by atoms with van der Waals surface area (Å²) >= 11 is 0. The molecule has 0 radical (unpaired) electrons. The fourth-order valence-electron chi connectivity index (χ4n) is 8.21. The summed E-state index contributed by atoms with van der Waals surface area (Å²) in [6.07, 6.45) is 11.9. The molecule has 5 atom stereocenters. The van der Waals surface area contributed by atoms with E-state index in [9.17, 15) is 4.79 Å². The van der Waals surface area contributed by atoms with Crippen molar-refractivity contribution in [2.45, 2.75) is 116 Å². The molecule has 312 valence electrons. The fraction of sp³-hybridized carbons (Fsp3) is 0.810. The van der Waals surface area contributed by atoms with E-state index in [2.05, 4.69) is 44.0 Å². The van der Waals surface area contributed by atoms with Gasteiger partial charge in [0.25, 0.3) is 6.47 Å². The van der Waals surface area contributed by atoms with Crippen LogP contribution in [-0.2, 0) is 49.2 Å². The minimum absolute atomic E-state index is 0.235. The number of fused-ring (bicyclic) bond motifs is 5. The van der Waals surface area contributed by atoms with E-state index in [-0.39, 0.29) is 18.9 Å². The lowest BCUT2D eigenvalue weighted by molar-refractivity contribution is -0.156. The highest BCUT2D eigenvalue weighted by molar-refractivity contribution is 5.69. The van der Waals surface area contributed by atoms with Crippen molar-refractivity contribution >= 4 is 12.4 Å². The predicted octanol–water partition coefficient (Wildman–Crippen LogP) is 7.11. The van der Waals surface area contributed by atoms with E-state index >= 15 is 0 Å². The van der Waals surface area contributed by atoms with Crippen molar-refractivity contribution < 1.29 is 52.6 Å². The van der Waals surface area contributed by atoms with Crippen LogP contribution < -0.4 is 4.74 Å². The number of hydrogen-bond acceptors (Lipinski definition) is 11. The molecule has 0 aliphatic heterocycles. The van der Waals surface area contributed by atoms with Crippen LogP contribution in [0, 0.1) is 17.3 Å². The Morgan fingerprint density at radius 1 is 0.926 bits per heavy atom. The van der Waals surface area contributed by atoms with Gasteiger partial charge in [0.2, 0.25) is 0 Å². The first-order valence-corrected chi connectivity index (χ1v) is 20.0. The van der Waals surface area contributed by atoms with Gasteiger partial charge in [-0.15, -0.1) is 0 Å². The summed E-state index contributed by atoms with van der Waals surface area (Å²) in [6.45, 7) is 16.1. The van der Waals surface area contributed by atoms with Crippen LogP contribution in [0.4, 0.5) is 0 Å². The Hall–Kier alpha value is -2.32. The fourth-order valence-corrected chi connectivity index (χ4v) is 8.21. The van der Waals surface area contributed by atoms with Gasteiger partial charge in [0.15, 0.2) is 6.79 Å². The lowest BCUT2D eigenvalue weighted by atomic mass is 9.55. The number of methoxy groups -OCH3 is 2. The van der Waals surface area contributed by atoms with Crippen LogP contribution in [-0.4, -0.2) is 122 Å². The number of hydrogen-bond donors (Lipinski definition) is 1. The second-order valence-electron chi connectivity index (χ2n) is 15.8. The molecule has 3 aliphatic rings. The first-order chi connectivity index (χ1) is 25.9. The third-order valence-electron chi connectivity index (χ3n) is 10.7. The minimum atomic E-state index is -0.440. The molecular weight excluding hydrogens is 694 g/mol. The van der Waals surface area contributed by atoms with Crippen molar-refractivity contribution in [1.29, 1.82) is 0 Å². The minimum Gasteiger partial charge on any atom is -0.483 e. The summed E-state index contributed by atoms with van der Waals surface area (Å²) in [5.74, 6) is 2.97. The van der Waals surface area contributed by atoms with E-state index < -0.39 is 5.60 Å². The molecule has 0 bridgehead atoms. The number of carbonyl (C=O) groups is 2. The molecule has 1 aromatic rings. The van der Waals surface area contributed by atoms with Gasteiger partial charge in [0, 0.05) is 20.8 Å². The molecule has 5 unspecified atom stereocenters. The van der Waals surface area contributed by atoms with Gasteiger partial charge in [-0.05, 0) is 126 Å². The highest BCUT2D eigenvalue weighted by Crippen LogP contribution is 2.61. The van der Waals surface area contributed by atoms with Crippen LogP contribution in [0.1, 0.15) is 109 Å². The number of unbranched alkanes of at least 4 members (excludes halogenated alkanes) is 2. The molecule has 0 saturated heterocycles. The molecule has 12 heteroatoms. The number of aryl methyl sites for hydroxylation is 1. The molecule has 0 spiro atoms. The Kier molecular flexibility index (Phi) is 23.5. The third kappa shape index (κ3) is 17.2. The van der Waals surface area contributed by atoms with Crippen molar-refractivity contribution in [3.63, 3.8) is 0 Å². The lowest BCUT2D eigenvalue weighted by Crippen LogP contribution is -2.44. The van der Waals surface area contributed by atoms with E-state index in [1.54, 1.807) is 19.8 Å². The van der Waals surface area contributed by atoms with Gasteiger partial charge >= 0.3 is 5.97 Å². The molecule has 2 saturated carbocycles. The average molecular weight is 768 g/mol. The van der Waals surface area contributed by atoms with Crippen LogP contribution >= 0.6 is 0 Å². The number of likely N-dealkylation sites (N-methyl/N-ethyl adjacent to an activating group) is 1. The lowest BCUT2D eigenvalue weighted by Gasteiger charge is -2.50. The molecule has 0 amide bonds. The normalized spacial score (nSPS) is 22.8. The quantitative estimate of drug-likeness (QED) is 0.0559. The highest BCUT2D eigenvalue weighted by Gasteiger charge is 2.55. The zero-order chi connectivity index (χ0) is 39.8. The van der Waals surface area contributed by atoms with Crippen LogP contribution in [0.25, 0.3) is 0 Å². The molecule has 1 N–H and O–H groups in total. The predicted molar refractivity (Wildman–Crippen MR) is 209 cm³/mol. The van der Waals surface area contributed by atoms with Crippen molar-refractivity contribution in [3.05, 3.63) is 29.3 Å². The zero-order valence-corrected chi connectivity index (χ0v) is 34.7. The molecule has 2 fully saturated rings. The molecule has 4 rings (SSSR count).